The number of rotatable bonds is 5. The van der Waals surface area contributed by atoms with Gasteiger partial charge in [0.05, 0.1) is 12.5 Å². The van der Waals surface area contributed by atoms with Gasteiger partial charge >= 0.3 is 0 Å². The Labute approximate surface area is 121 Å². The van der Waals surface area contributed by atoms with Crippen molar-refractivity contribution in [1.82, 2.24) is 19.8 Å². The Morgan fingerprint density at radius 1 is 1.45 bits per heavy atom. The second-order valence-electron chi connectivity index (χ2n) is 5.77. The standard InChI is InChI=1S/C15H26N4O/c1-4-9-17-12-5-7-13(8-6-12)19(3)15(20)14-10-16-11-18(14)2/h10-13,17H,4-9H2,1-3H3. The van der Waals surface area contributed by atoms with E-state index in [0.717, 1.165) is 32.2 Å². The van der Waals surface area contributed by atoms with Crippen LogP contribution in [-0.2, 0) is 7.05 Å². The van der Waals surface area contributed by atoms with Crippen LogP contribution < -0.4 is 5.32 Å². The molecule has 5 heteroatoms. The number of hydrogen-bond acceptors (Lipinski definition) is 3. The van der Waals surface area contributed by atoms with Crippen LogP contribution in [0.25, 0.3) is 0 Å². The van der Waals surface area contributed by atoms with Gasteiger partial charge in [-0.25, -0.2) is 4.98 Å². The molecule has 0 bridgehead atoms. The summed E-state index contributed by atoms with van der Waals surface area (Å²) in [7, 11) is 3.78. The van der Waals surface area contributed by atoms with Crippen molar-refractivity contribution in [1.29, 1.82) is 0 Å². The smallest absolute Gasteiger partial charge is 0.272 e. The summed E-state index contributed by atoms with van der Waals surface area (Å²) in [6.45, 7) is 3.29. The van der Waals surface area contributed by atoms with E-state index in [1.54, 1.807) is 17.1 Å². The molecule has 0 spiro atoms. The quantitative estimate of drug-likeness (QED) is 0.893. The third-order valence-corrected chi connectivity index (χ3v) is 4.28. The maximum absolute atomic E-state index is 12.4. The van der Waals surface area contributed by atoms with Crippen LogP contribution in [0.5, 0.6) is 0 Å². The second-order valence-corrected chi connectivity index (χ2v) is 5.77. The van der Waals surface area contributed by atoms with Crippen LogP contribution in [0, 0.1) is 0 Å². The molecule has 1 aliphatic rings. The monoisotopic (exact) mass is 278 g/mol. The van der Waals surface area contributed by atoms with Crippen molar-refractivity contribution >= 4 is 5.91 Å². The lowest BCUT2D eigenvalue weighted by atomic mass is 9.90. The van der Waals surface area contributed by atoms with Crippen LogP contribution >= 0.6 is 0 Å². The highest BCUT2D eigenvalue weighted by Crippen LogP contribution is 2.23. The van der Waals surface area contributed by atoms with Crippen molar-refractivity contribution in [3.63, 3.8) is 0 Å². The first-order valence-corrected chi connectivity index (χ1v) is 7.60. The number of nitrogens with one attached hydrogen (secondary N) is 1. The van der Waals surface area contributed by atoms with Crippen molar-refractivity contribution in [3.05, 3.63) is 18.2 Å². The minimum absolute atomic E-state index is 0.0787. The van der Waals surface area contributed by atoms with E-state index in [0.29, 0.717) is 17.8 Å². The van der Waals surface area contributed by atoms with Gasteiger partial charge in [-0.1, -0.05) is 6.92 Å². The van der Waals surface area contributed by atoms with Gasteiger partial charge in [-0.15, -0.1) is 0 Å². The van der Waals surface area contributed by atoms with Crippen LogP contribution in [0.1, 0.15) is 49.5 Å². The molecule has 5 nitrogen and oxygen atoms in total. The molecule has 1 amide bonds. The molecule has 1 fully saturated rings. The number of imidazole rings is 1. The van der Waals surface area contributed by atoms with Gasteiger partial charge in [0.1, 0.15) is 5.69 Å². The number of aromatic nitrogens is 2. The van der Waals surface area contributed by atoms with Crippen LogP contribution in [0.4, 0.5) is 0 Å². The van der Waals surface area contributed by atoms with E-state index in [4.69, 9.17) is 0 Å². The molecule has 20 heavy (non-hydrogen) atoms. The summed E-state index contributed by atoms with van der Waals surface area (Å²) in [5.74, 6) is 0.0787. The maximum Gasteiger partial charge on any atom is 0.272 e. The van der Waals surface area contributed by atoms with E-state index in [1.165, 1.54) is 6.42 Å². The molecule has 0 radical (unpaired) electrons. The minimum Gasteiger partial charge on any atom is -0.337 e. The molecule has 0 aliphatic heterocycles. The SMILES string of the molecule is CCCNC1CCC(N(C)C(=O)c2cncn2C)CC1. The highest BCUT2D eigenvalue weighted by Gasteiger charge is 2.27. The Bertz CT molecular complexity index is 435. The zero-order chi connectivity index (χ0) is 14.5. The molecule has 0 aromatic carbocycles. The van der Waals surface area contributed by atoms with Gasteiger partial charge < -0.3 is 14.8 Å². The van der Waals surface area contributed by atoms with Gasteiger partial charge in [0.2, 0.25) is 0 Å². The summed E-state index contributed by atoms with van der Waals surface area (Å²) in [5.41, 5.74) is 0.665. The summed E-state index contributed by atoms with van der Waals surface area (Å²) in [5, 5.41) is 3.58. The first kappa shape index (κ1) is 15.0. The lowest BCUT2D eigenvalue weighted by Crippen LogP contribution is -2.43. The largest absolute Gasteiger partial charge is 0.337 e. The van der Waals surface area contributed by atoms with Gasteiger partial charge in [-0.05, 0) is 38.6 Å². The average molecular weight is 278 g/mol. The van der Waals surface area contributed by atoms with Crippen molar-refractivity contribution in [2.24, 2.45) is 7.05 Å². The molecule has 112 valence electrons. The van der Waals surface area contributed by atoms with Crippen LogP contribution in [0.3, 0.4) is 0 Å². The van der Waals surface area contributed by atoms with Gasteiger partial charge in [-0.3, -0.25) is 4.79 Å². The van der Waals surface area contributed by atoms with E-state index < -0.39 is 0 Å². The third kappa shape index (κ3) is 3.39. The lowest BCUT2D eigenvalue weighted by Gasteiger charge is -2.35. The summed E-state index contributed by atoms with van der Waals surface area (Å²) >= 11 is 0. The zero-order valence-corrected chi connectivity index (χ0v) is 12.8. The molecule has 1 N–H and O–H groups in total. The molecule has 1 aromatic heterocycles. The lowest BCUT2D eigenvalue weighted by molar-refractivity contribution is 0.0675. The molecule has 1 saturated carbocycles. The Morgan fingerprint density at radius 2 is 2.15 bits per heavy atom. The first-order chi connectivity index (χ1) is 9.63. The molecule has 0 saturated heterocycles. The molecular weight excluding hydrogens is 252 g/mol. The van der Waals surface area contributed by atoms with Gasteiger partial charge in [-0.2, -0.15) is 0 Å². The fraction of sp³-hybridized carbons (Fsp3) is 0.733. The topological polar surface area (TPSA) is 50.2 Å². The predicted octanol–water partition coefficient (Wildman–Crippen LogP) is 1.80. The van der Waals surface area contributed by atoms with E-state index in [2.05, 4.69) is 17.2 Å². The normalized spacial score (nSPS) is 22.8. The molecule has 0 unspecified atom stereocenters. The van der Waals surface area contributed by atoms with E-state index in [-0.39, 0.29) is 5.91 Å². The number of carbonyl (C=O) groups is 1. The molecule has 1 aliphatic carbocycles. The van der Waals surface area contributed by atoms with Crippen molar-refractivity contribution in [3.8, 4) is 0 Å². The van der Waals surface area contributed by atoms with E-state index in [1.807, 2.05) is 19.0 Å². The highest BCUT2D eigenvalue weighted by molar-refractivity contribution is 5.92. The van der Waals surface area contributed by atoms with Crippen molar-refractivity contribution < 1.29 is 4.79 Å². The number of nitrogens with zero attached hydrogens (tertiary/aromatic N) is 3. The molecule has 0 atom stereocenters. The molecular formula is C15H26N4O. The summed E-state index contributed by atoms with van der Waals surface area (Å²) in [4.78, 5) is 18.3. The summed E-state index contributed by atoms with van der Waals surface area (Å²) in [6.07, 6.45) is 8.99. The number of amides is 1. The number of hydrogen-bond donors (Lipinski definition) is 1. The number of aryl methyl sites for hydroxylation is 1. The van der Waals surface area contributed by atoms with Crippen LogP contribution in [0.15, 0.2) is 12.5 Å². The average Bonchev–Trinajstić information content (AvgIpc) is 2.90. The Kier molecular flexibility index (Phi) is 5.17. The Morgan fingerprint density at radius 3 is 2.70 bits per heavy atom. The third-order valence-electron chi connectivity index (χ3n) is 4.28. The fourth-order valence-electron chi connectivity index (χ4n) is 2.93. The van der Waals surface area contributed by atoms with Crippen molar-refractivity contribution in [2.75, 3.05) is 13.6 Å². The van der Waals surface area contributed by atoms with E-state index >= 15 is 0 Å². The Balaban J connectivity index is 1.87. The van der Waals surface area contributed by atoms with Gasteiger partial charge in [0.15, 0.2) is 0 Å². The summed E-state index contributed by atoms with van der Waals surface area (Å²) in [6, 6.07) is 0.989. The first-order valence-electron chi connectivity index (χ1n) is 7.60. The zero-order valence-electron chi connectivity index (χ0n) is 12.8. The van der Waals surface area contributed by atoms with Gasteiger partial charge in [0, 0.05) is 26.2 Å². The van der Waals surface area contributed by atoms with E-state index in [9.17, 15) is 4.79 Å². The molecule has 1 aromatic rings. The van der Waals surface area contributed by atoms with Gasteiger partial charge in [0.25, 0.3) is 5.91 Å². The maximum atomic E-state index is 12.4. The molecule has 1 heterocycles. The van der Waals surface area contributed by atoms with Crippen LogP contribution in [-0.4, -0.2) is 46.0 Å². The fourth-order valence-corrected chi connectivity index (χ4v) is 2.93. The predicted molar refractivity (Wildman–Crippen MR) is 79.6 cm³/mol. The van der Waals surface area contributed by atoms with Crippen molar-refractivity contribution in [2.45, 2.75) is 51.1 Å². The minimum atomic E-state index is 0.0787. The number of carbonyl (C=O) groups excluding carboxylic acids is 1. The summed E-state index contributed by atoms with van der Waals surface area (Å²) < 4.78 is 1.78. The van der Waals surface area contributed by atoms with Crippen LogP contribution in [0.2, 0.25) is 0 Å². The highest BCUT2D eigenvalue weighted by atomic mass is 16.2. The molecule has 2 rings (SSSR count). The Hall–Kier alpha value is -1.36. The second kappa shape index (κ2) is 6.88.